The molecular formula is C17H15N3O4S. The molecule has 0 fully saturated rings. The van der Waals surface area contributed by atoms with Crippen molar-refractivity contribution < 1.29 is 19.8 Å². The van der Waals surface area contributed by atoms with Crippen LogP contribution in [0.2, 0.25) is 0 Å². The molecule has 3 aromatic rings. The number of nitrogens with zero attached hydrogens (tertiary/aromatic N) is 1. The third kappa shape index (κ3) is 2.99. The van der Waals surface area contributed by atoms with Gasteiger partial charge in [-0.2, -0.15) is 0 Å². The van der Waals surface area contributed by atoms with Crippen LogP contribution >= 0.6 is 11.3 Å². The Morgan fingerprint density at radius 2 is 1.96 bits per heavy atom. The molecule has 8 heteroatoms. The molecule has 128 valence electrons. The number of aromatic carboxylic acids is 1. The minimum absolute atomic E-state index is 0.248. The first-order valence-corrected chi connectivity index (χ1v) is 8.13. The number of anilines is 2. The summed E-state index contributed by atoms with van der Waals surface area (Å²) in [7, 11) is 0. The van der Waals surface area contributed by atoms with E-state index in [1.54, 1.807) is 0 Å². The quantitative estimate of drug-likeness (QED) is 0.534. The van der Waals surface area contributed by atoms with E-state index in [0.29, 0.717) is 15.4 Å². The Hall–Kier alpha value is -3.13. The number of aryl methyl sites for hydroxylation is 2. The van der Waals surface area contributed by atoms with Crippen LogP contribution in [-0.2, 0) is 0 Å². The largest absolute Gasteiger partial charge is 0.507 e. The zero-order chi connectivity index (χ0) is 18.3. The summed E-state index contributed by atoms with van der Waals surface area (Å²) in [5.41, 5.74) is 8.20. The monoisotopic (exact) mass is 357 g/mol. The highest BCUT2D eigenvalue weighted by Gasteiger charge is 2.20. The third-order valence-corrected chi connectivity index (χ3v) is 4.81. The van der Waals surface area contributed by atoms with E-state index in [4.69, 9.17) is 10.8 Å². The Kier molecular flexibility index (Phi) is 4.05. The van der Waals surface area contributed by atoms with Gasteiger partial charge in [0.15, 0.2) is 0 Å². The molecule has 0 saturated heterocycles. The second-order valence-electron chi connectivity index (χ2n) is 5.60. The molecule has 7 nitrogen and oxygen atoms in total. The molecule has 5 N–H and O–H groups in total. The average Bonchev–Trinajstić information content (AvgIpc) is 2.85. The van der Waals surface area contributed by atoms with Gasteiger partial charge in [0.1, 0.15) is 21.0 Å². The Morgan fingerprint density at radius 1 is 1.24 bits per heavy atom. The highest BCUT2D eigenvalue weighted by Crippen LogP contribution is 2.35. The van der Waals surface area contributed by atoms with Crippen LogP contribution in [0, 0.1) is 13.8 Å². The van der Waals surface area contributed by atoms with Crippen molar-refractivity contribution in [1.82, 2.24) is 4.98 Å². The Labute approximate surface area is 146 Å². The van der Waals surface area contributed by atoms with Crippen molar-refractivity contribution in [2.75, 3.05) is 11.1 Å². The summed E-state index contributed by atoms with van der Waals surface area (Å²) >= 11 is 1.18. The van der Waals surface area contributed by atoms with Crippen LogP contribution in [0.25, 0.3) is 10.2 Å². The molecule has 1 amide bonds. The molecule has 0 spiro atoms. The number of thiophene rings is 1. The number of nitrogens with two attached hydrogens (primary N) is 1. The minimum Gasteiger partial charge on any atom is -0.507 e. The highest BCUT2D eigenvalue weighted by molar-refractivity contribution is 7.21. The highest BCUT2D eigenvalue weighted by atomic mass is 32.1. The van der Waals surface area contributed by atoms with Crippen molar-refractivity contribution in [2.24, 2.45) is 0 Å². The standard InChI is InChI=1S/C17H15N3O4S/c1-7-5-8(2)19-16-12(7)13(18)14(25-16)15(22)20-9-3-4-11(21)10(6-9)17(23)24/h3-6,21H,18H2,1-2H3,(H,20,22)(H,23,24). The second kappa shape index (κ2) is 6.06. The Bertz CT molecular complexity index is 1030. The molecule has 1 aromatic carbocycles. The molecule has 0 saturated carbocycles. The number of carboxylic acids is 1. The van der Waals surface area contributed by atoms with E-state index < -0.39 is 11.9 Å². The molecule has 2 aromatic heterocycles. The van der Waals surface area contributed by atoms with Gasteiger partial charge in [0, 0.05) is 16.8 Å². The van der Waals surface area contributed by atoms with Gasteiger partial charge in [-0.3, -0.25) is 4.79 Å². The van der Waals surface area contributed by atoms with Gasteiger partial charge in [0.05, 0.1) is 5.69 Å². The fourth-order valence-electron chi connectivity index (χ4n) is 2.61. The maximum absolute atomic E-state index is 12.5. The van der Waals surface area contributed by atoms with Crippen molar-refractivity contribution in [3.63, 3.8) is 0 Å². The van der Waals surface area contributed by atoms with Crippen LogP contribution in [0.4, 0.5) is 11.4 Å². The van der Waals surface area contributed by atoms with Crippen LogP contribution in [0.1, 0.15) is 31.3 Å². The average molecular weight is 357 g/mol. The number of nitrogens with one attached hydrogen (secondary N) is 1. The molecule has 0 aliphatic rings. The van der Waals surface area contributed by atoms with Crippen LogP contribution in [-0.4, -0.2) is 27.1 Å². The normalized spacial score (nSPS) is 10.8. The lowest BCUT2D eigenvalue weighted by Crippen LogP contribution is -2.12. The van der Waals surface area contributed by atoms with Gasteiger partial charge < -0.3 is 21.3 Å². The number of carbonyl (C=O) groups is 2. The SMILES string of the molecule is Cc1cc(C)c2c(N)c(C(=O)Nc3ccc(O)c(C(=O)O)c3)sc2n1. The van der Waals surface area contributed by atoms with Crippen LogP contribution in [0.3, 0.4) is 0 Å². The van der Waals surface area contributed by atoms with Gasteiger partial charge in [-0.05, 0) is 43.7 Å². The van der Waals surface area contributed by atoms with E-state index in [1.807, 2.05) is 19.9 Å². The van der Waals surface area contributed by atoms with Crippen molar-refractivity contribution in [1.29, 1.82) is 0 Å². The first kappa shape index (κ1) is 16.7. The van der Waals surface area contributed by atoms with Gasteiger partial charge in [0.2, 0.25) is 0 Å². The zero-order valence-electron chi connectivity index (χ0n) is 13.5. The van der Waals surface area contributed by atoms with Crippen LogP contribution in [0.5, 0.6) is 5.75 Å². The fraction of sp³-hybridized carbons (Fsp3) is 0.118. The number of carbonyl (C=O) groups excluding carboxylic acids is 1. The fourth-order valence-corrected chi connectivity index (χ4v) is 3.72. The van der Waals surface area contributed by atoms with Crippen LogP contribution in [0.15, 0.2) is 24.3 Å². The smallest absolute Gasteiger partial charge is 0.339 e. The summed E-state index contributed by atoms with van der Waals surface area (Å²) in [4.78, 5) is 29.0. The van der Waals surface area contributed by atoms with E-state index in [0.717, 1.165) is 16.6 Å². The molecule has 0 bridgehead atoms. The molecule has 0 atom stereocenters. The maximum Gasteiger partial charge on any atom is 0.339 e. The van der Waals surface area contributed by atoms with E-state index in [-0.39, 0.29) is 17.0 Å². The maximum atomic E-state index is 12.5. The number of fused-ring (bicyclic) bond motifs is 1. The summed E-state index contributed by atoms with van der Waals surface area (Å²) in [6.45, 7) is 3.77. The van der Waals surface area contributed by atoms with Crippen LogP contribution < -0.4 is 11.1 Å². The minimum atomic E-state index is -1.29. The number of aromatic hydroxyl groups is 1. The van der Waals surface area contributed by atoms with E-state index in [9.17, 15) is 14.7 Å². The van der Waals surface area contributed by atoms with E-state index >= 15 is 0 Å². The lowest BCUT2D eigenvalue weighted by atomic mass is 10.1. The number of nitrogen functional groups attached to an aromatic ring is 1. The topological polar surface area (TPSA) is 126 Å². The number of hydrogen-bond acceptors (Lipinski definition) is 6. The molecule has 3 rings (SSSR count). The summed E-state index contributed by atoms with van der Waals surface area (Å²) in [5.74, 6) is -2.12. The number of carboxylic acid groups (broad SMARTS) is 1. The number of amides is 1. The van der Waals surface area contributed by atoms with Gasteiger partial charge in [-0.15, -0.1) is 11.3 Å². The molecule has 0 unspecified atom stereocenters. The van der Waals surface area contributed by atoms with Crippen molar-refractivity contribution in [3.05, 3.63) is 46.0 Å². The number of hydrogen-bond donors (Lipinski definition) is 4. The summed E-state index contributed by atoms with van der Waals surface area (Å²) < 4.78 is 0. The lowest BCUT2D eigenvalue weighted by Gasteiger charge is -2.07. The summed E-state index contributed by atoms with van der Waals surface area (Å²) in [6, 6.07) is 5.71. The van der Waals surface area contributed by atoms with Crippen molar-refractivity contribution in [2.45, 2.75) is 13.8 Å². The zero-order valence-corrected chi connectivity index (χ0v) is 14.3. The Balaban J connectivity index is 1.98. The van der Waals surface area contributed by atoms with Crippen molar-refractivity contribution in [3.8, 4) is 5.75 Å². The second-order valence-corrected chi connectivity index (χ2v) is 6.60. The predicted octanol–water partition coefficient (Wildman–Crippen LogP) is 3.15. The number of phenols is 1. The molecule has 2 heterocycles. The number of rotatable bonds is 3. The number of aromatic nitrogens is 1. The first-order valence-electron chi connectivity index (χ1n) is 7.31. The van der Waals surface area contributed by atoms with Gasteiger partial charge in [0.25, 0.3) is 5.91 Å². The van der Waals surface area contributed by atoms with Gasteiger partial charge in [-0.25, -0.2) is 9.78 Å². The number of benzene rings is 1. The molecule has 0 aliphatic heterocycles. The van der Waals surface area contributed by atoms with Gasteiger partial charge >= 0.3 is 5.97 Å². The van der Waals surface area contributed by atoms with E-state index in [1.165, 1.54) is 29.5 Å². The predicted molar refractivity (Wildman–Crippen MR) is 96.5 cm³/mol. The molecule has 0 radical (unpaired) electrons. The Morgan fingerprint density at radius 3 is 2.64 bits per heavy atom. The summed E-state index contributed by atoms with van der Waals surface area (Å²) in [5, 5.41) is 21.9. The lowest BCUT2D eigenvalue weighted by molar-refractivity contribution is 0.0693. The van der Waals surface area contributed by atoms with Gasteiger partial charge in [-0.1, -0.05) is 0 Å². The summed E-state index contributed by atoms with van der Waals surface area (Å²) in [6.07, 6.45) is 0. The van der Waals surface area contributed by atoms with Crippen molar-refractivity contribution >= 4 is 44.8 Å². The first-order chi connectivity index (χ1) is 11.8. The number of pyridine rings is 1. The molecule has 0 aliphatic carbocycles. The van der Waals surface area contributed by atoms with E-state index in [2.05, 4.69) is 10.3 Å². The third-order valence-electron chi connectivity index (χ3n) is 3.72. The molecular weight excluding hydrogens is 342 g/mol. The molecule has 25 heavy (non-hydrogen) atoms.